The molecule has 0 saturated heterocycles. The minimum absolute atomic E-state index is 0.0118. The molecule has 0 aliphatic carbocycles. The molecule has 6 nitrogen and oxygen atoms in total. The third-order valence-electron chi connectivity index (χ3n) is 2.96. The number of halogens is 2. The highest BCUT2D eigenvalue weighted by Crippen LogP contribution is 2.26. The molecule has 0 amide bonds. The molecule has 0 atom stereocenters. The molecule has 114 valence electrons. The zero-order chi connectivity index (χ0) is 15.8. The fourth-order valence-electron chi connectivity index (χ4n) is 1.78. The first-order chi connectivity index (χ1) is 9.72. The van der Waals surface area contributed by atoms with E-state index in [9.17, 15) is 12.8 Å². The van der Waals surface area contributed by atoms with Gasteiger partial charge in [0, 0.05) is 12.1 Å². The van der Waals surface area contributed by atoms with Gasteiger partial charge in [-0.25, -0.2) is 17.5 Å². The van der Waals surface area contributed by atoms with E-state index >= 15 is 0 Å². The molecule has 3 N–H and O–H groups in total. The summed E-state index contributed by atoms with van der Waals surface area (Å²) in [5.74, 6) is -0.0966. The molecule has 21 heavy (non-hydrogen) atoms. The lowest BCUT2D eigenvalue weighted by atomic mass is 10.2. The number of sulfonamides is 1. The van der Waals surface area contributed by atoms with Crippen molar-refractivity contribution < 1.29 is 17.3 Å². The van der Waals surface area contributed by atoms with Gasteiger partial charge in [0.05, 0.1) is 15.9 Å². The van der Waals surface area contributed by atoms with Gasteiger partial charge < -0.3 is 10.3 Å². The second kappa shape index (κ2) is 5.74. The van der Waals surface area contributed by atoms with Crippen LogP contribution >= 0.6 is 15.9 Å². The lowest BCUT2D eigenvalue weighted by molar-refractivity contribution is 0.392. The highest BCUT2D eigenvalue weighted by atomic mass is 79.9. The predicted molar refractivity (Wildman–Crippen MR) is 78.5 cm³/mol. The van der Waals surface area contributed by atoms with E-state index in [1.807, 2.05) is 0 Å². The predicted octanol–water partition coefficient (Wildman–Crippen LogP) is 2.25. The van der Waals surface area contributed by atoms with E-state index in [2.05, 4.69) is 25.8 Å². The molecule has 1 aromatic heterocycles. The average molecular weight is 378 g/mol. The van der Waals surface area contributed by atoms with Crippen molar-refractivity contribution in [2.45, 2.75) is 25.3 Å². The molecule has 2 aromatic rings. The number of hydrogen-bond donors (Lipinski definition) is 2. The van der Waals surface area contributed by atoms with E-state index in [0.717, 1.165) is 12.1 Å². The average Bonchev–Trinajstić information content (AvgIpc) is 2.71. The van der Waals surface area contributed by atoms with E-state index in [1.165, 1.54) is 0 Å². The van der Waals surface area contributed by atoms with Gasteiger partial charge in [0.2, 0.25) is 10.0 Å². The van der Waals surface area contributed by atoms with Crippen LogP contribution in [0.3, 0.4) is 0 Å². The number of nitrogens with one attached hydrogen (secondary N) is 1. The van der Waals surface area contributed by atoms with Crippen molar-refractivity contribution in [2.24, 2.45) is 0 Å². The molecule has 0 aliphatic rings. The molecule has 1 heterocycles. The molecule has 0 spiro atoms. The van der Waals surface area contributed by atoms with Crippen LogP contribution in [0, 0.1) is 19.7 Å². The van der Waals surface area contributed by atoms with E-state index in [-0.39, 0.29) is 21.6 Å². The maximum absolute atomic E-state index is 13.3. The Hall–Kier alpha value is -1.45. The Labute approximate surface area is 129 Å². The first-order valence-electron chi connectivity index (χ1n) is 5.88. The van der Waals surface area contributed by atoms with Crippen LogP contribution in [0.5, 0.6) is 0 Å². The molecule has 0 bridgehead atoms. The van der Waals surface area contributed by atoms with Crippen molar-refractivity contribution in [3.05, 3.63) is 39.4 Å². The zero-order valence-electron chi connectivity index (χ0n) is 11.3. The summed E-state index contributed by atoms with van der Waals surface area (Å²) >= 11 is 2.94. The van der Waals surface area contributed by atoms with Gasteiger partial charge in [-0.15, -0.1) is 0 Å². The number of aromatic nitrogens is 1. The SMILES string of the molecule is Cc1noc(C)c1CNS(=O)(=O)c1cc(Br)c(F)cc1N. The minimum Gasteiger partial charge on any atom is -0.398 e. The number of nitrogen functional groups attached to an aromatic ring is 1. The summed E-state index contributed by atoms with van der Waals surface area (Å²) in [7, 11) is -3.88. The fraction of sp³-hybridized carbons (Fsp3) is 0.250. The smallest absolute Gasteiger partial charge is 0.242 e. The van der Waals surface area contributed by atoms with Gasteiger partial charge in [-0.3, -0.25) is 0 Å². The lowest BCUT2D eigenvalue weighted by Crippen LogP contribution is -2.24. The monoisotopic (exact) mass is 377 g/mol. The van der Waals surface area contributed by atoms with Crippen LogP contribution in [0.1, 0.15) is 17.0 Å². The first kappa shape index (κ1) is 15.9. The minimum atomic E-state index is -3.88. The van der Waals surface area contributed by atoms with Gasteiger partial charge >= 0.3 is 0 Å². The van der Waals surface area contributed by atoms with E-state index in [4.69, 9.17) is 10.3 Å². The van der Waals surface area contributed by atoms with Crippen LogP contribution in [-0.2, 0) is 16.6 Å². The zero-order valence-corrected chi connectivity index (χ0v) is 13.7. The largest absolute Gasteiger partial charge is 0.398 e. The third-order valence-corrected chi connectivity index (χ3v) is 5.03. The van der Waals surface area contributed by atoms with Gasteiger partial charge in [0.15, 0.2) is 0 Å². The van der Waals surface area contributed by atoms with E-state index < -0.39 is 15.8 Å². The Balaban J connectivity index is 2.29. The summed E-state index contributed by atoms with van der Waals surface area (Å²) in [5.41, 5.74) is 6.66. The summed E-state index contributed by atoms with van der Waals surface area (Å²) in [5, 5.41) is 3.74. The van der Waals surface area contributed by atoms with E-state index in [1.54, 1.807) is 13.8 Å². The highest BCUT2D eigenvalue weighted by molar-refractivity contribution is 9.10. The Morgan fingerprint density at radius 3 is 2.67 bits per heavy atom. The number of rotatable bonds is 4. The molecule has 0 radical (unpaired) electrons. The third kappa shape index (κ3) is 3.25. The maximum Gasteiger partial charge on any atom is 0.242 e. The Bertz CT molecular complexity index is 770. The van der Waals surface area contributed by atoms with Gasteiger partial charge in [-0.05, 0) is 41.9 Å². The van der Waals surface area contributed by atoms with Crippen LogP contribution in [0.4, 0.5) is 10.1 Å². The van der Waals surface area contributed by atoms with Crippen molar-refractivity contribution >= 4 is 31.6 Å². The van der Waals surface area contributed by atoms with Crippen LogP contribution in [0.15, 0.2) is 26.0 Å². The summed E-state index contributed by atoms with van der Waals surface area (Å²) < 4.78 is 45.2. The Kier molecular flexibility index (Phi) is 4.35. The summed E-state index contributed by atoms with van der Waals surface area (Å²) in [6.07, 6.45) is 0. The first-order valence-corrected chi connectivity index (χ1v) is 8.16. The van der Waals surface area contributed by atoms with Gasteiger partial charge in [-0.2, -0.15) is 0 Å². The number of hydrogen-bond acceptors (Lipinski definition) is 5. The van der Waals surface area contributed by atoms with Crippen LogP contribution in [-0.4, -0.2) is 13.6 Å². The summed E-state index contributed by atoms with van der Waals surface area (Å²) in [4.78, 5) is -0.192. The van der Waals surface area contributed by atoms with Crippen LogP contribution in [0.2, 0.25) is 0 Å². The molecule has 0 aliphatic heterocycles. The number of anilines is 1. The summed E-state index contributed by atoms with van der Waals surface area (Å²) in [6, 6.07) is 2.08. The maximum atomic E-state index is 13.3. The molecule has 2 rings (SSSR count). The molecule has 1 aromatic carbocycles. The van der Waals surface area contributed by atoms with Gasteiger partial charge in [0.1, 0.15) is 16.5 Å². The number of aryl methyl sites for hydroxylation is 2. The van der Waals surface area contributed by atoms with Crippen LogP contribution < -0.4 is 10.5 Å². The van der Waals surface area contributed by atoms with Crippen molar-refractivity contribution in [2.75, 3.05) is 5.73 Å². The fourth-order valence-corrected chi connectivity index (χ4v) is 3.40. The number of benzene rings is 1. The quantitative estimate of drug-likeness (QED) is 0.796. The van der Waals surface area contributed by atoms with Crippen molar-refractivity contribution in [1.29, 1.82) is 0 Å². The van der Waals surface area contributed by atoms with Gasteiger partial charge in [0.25, 0.3) is 0 Å². The Morgan fingerprint density at radius 2 is 2.10 bits per heavy atom. The van der Waals surface area contributed by atoms with E-state index in [0.29, 0.717) is 17.0 Å². The van der Waals surface area contributed by atoms with Crippen molar-refractivity contribution in [1.82, 2.24) is 9.88 Å². The Morgan fingerprint density at radius 1 is 1.43 bits per heavy atom. The summed E-state index contributed by atoms with van der Waals surface area (Å²) in [6.45, 7) is 3.41. The second-order valence-corrected chi connectivity index (χ2v) is 7.02. The number of nitrogens with two attached hydrogens (primary N) is 1. The second-order valence-electron chi connectivity index (χ2n) is 4.43. The standard InChI is InChI=1S/C12H13BrFN3O3S/c1-6-8(7(2)20-17-6)5-16-21(18,19)12-3-9(13)10(14)4-11(12)15/h3-4,16H,5,15H2,1-2H3. The number of nitrogens with zero attached hydrogens (tertiary/aromatic N) is 1. The van der Waals surface area contributed by atoms with Crippen LogP contribution in [0.25, 0.3) is 0 Å². The molecule has 0 fully saturated rings. The molecule has 0 unspecified atom stereocenters. The molecular formula is C12H13BrFN3O3S. The topological polar surface area (TPSA) is 98.2 Å². The highest BCUT2D eigenvalue weighted by Gasteiger charge is 2.21. The van der Waals surface area contributed by atoms with Crippen molar-refractivity contribution in [3.8, 4) is 0 Å². The van der Waals surface area contributed by atoms with Gasteiger partial charge in [-0.1, -0.05) is 5.16 Å². The normalized spacial score (nSPS) is 11.8. The molecular weight excluding hydrogens is 365 g/mol. The van der Waals surface area contributed by atoms with Crippen molar-refractivity contribution in [3.63, 3.8) is 0 Å². The molecule has 0 saturated carbocycles. The molecule has 9 heteroatoms. The lowest BCUT2D eigenvalue weighted by Gasteiger charge is -2.10.